The normalized spacial score (nSPS) is 17.9. The lowest BCUT2D eigenvalue weighted by Gasteiger charge is -2.24. The molecule has 0 aromatic heterocycles. The SMILES string of the molecule is O=C(CNCC(F)(F)F)CC1CCC1. The van der Waals surface area contributed by atoms with Crippen LogP contribution in [-0.4, -0.2) is 25.0 Å². The van der Waals surface area contributed by atoms with E-state index in [-0.39, 0.29) is 12.3 Å². The molecule has 14 heavy (non-hydrogen) atoms. The fraction of sp³-hybridized carbons (Fsp3) is 0.889. The standard InChI is InChI=1S/C9H14F3NO/c10-9(11,12)6-13-5-8(14)4-7-2-1-3-7/h7,13H,1-6H2. The predicted octanol–water partition coefficient (Wildman–Crippen LogP) is 1.90. The third-order valence-corrected chi connectivity index (χ3v) is 2.39. The third kappa shape index (κ3) is 4.60. The Balaban J connectivity index is 2.03. The molecule has 1 N–H and O–H groups in total. The minimum atomic E-state index is -4.23. The van der Waals surface area contributed by atoms with Gasteiger partial charge in [-0.05, 0) is 5.92 Å². The van der Waals surface area contributed by atoms with E-state index in [0.29, 0.717) is 12.3 Å². The summed E-state index contributed by atoms with van der Waals surface area (Å²) < 4.78 is 35.0. The molecule has 1 saturated carbocycles. The number of rotatable bonds is 5. The summed E-state index contributed by atoms with van der Waals surface area (Å²) in [5.41, 5.74) is 0. The predicted molar refractivity (Wildman–Crippen MR) is 45.9 cm³/mol. The van der Waals surface area contributed by atoms with E-state index < -0.39 is 12.7 Å². The maximum atomic E-state index is 11.7. The first-order valence-corrected chi connectivity index (χ1v) is 4.76. The molecule has 0 radical (unpaired) electrons. The van der Waals surface area contributed by atoms with Gasteiger partial charge in [0, 0.05) is 6.42 Å². The topological polar surface area (TPSA) is 29.1 Å². The zero-order valence-corrected chi connectivity index (χ0v) is 7.86. The number of nitrogens with one attached hydrogen (secondary N) is 1. The summed E-state index contributed by atoms with van der Waals surface area (Å²) in [5.74, 6) is 0.314. The van der Waals surface area contributed by atoms with Gasteiger partial charge in [-0.3, -0.25) is 4.79 Å². The maximum Gasteiger partial charge on any atom is 0.401 e. The van der Waals surface area contributed by atoms with Gasteiger partial charge in [0.05, 0.1) is 13.1 Å². The van der Waals surface area contributed by atoms with E-state index in [4.69, 9.17) is 0 Å². The van der Waals surface area contributed by atoms with Gasteiger partial charge in [-0.1, -0.05) is 19.3 Å². The summed E-state index contributed by atoms with van der Waals surface area (Å²) in [6.07, 6.45) is -0.550. The third-order valence-electron chi connectivity index (χ3n) is 2.39. The Morgan fingerprint density at radius 3 is 2.43 bits per heavy atom. The molecule has 0 atom stereocenters. The van der Waals surface area contributed by atoms with Crippen LogP contribution in [0.5, 0.6) is 0 Å². The van der Waals surface area contributed by atoms with Crippen LogP contribution >= 0.6 is 0 Å². The molecule has 1 rings (SSSR count). The summed E-state index contributed by atoms with van der Waals surface area (Å²) in [6.45, 7) is -1.24. The number of alkyl halides is 3. The van der Waals surface area contributed by atoms with Gasteiger partial charge in [-0.15, -0.1) is 0 Å². The number of Topliss-reactive ketones (excluding diaryl/α,β-unsaturated/α-hetero) is 1. The Hall–Kier alpha value is -0.580. The number of halogens is 3. The molecule has 0 aromatic carbocycles. The maximum absolute atomic E-state index is 11.7. The van der Waals surface area contributed by atoms with E-state index in [1.807, 2.05) is 0 Å². The Bertz CT molecular complexity index is 199. The van der Waals surface area contributed by atoms with E-state index in [1.165, 1.54) is 0 Å². The molecule has 2 nitrogen and oxygen atoms in total. The molecule has 82 valence electrons. The Kier molecular flexibility index (Phi) is 3.92. The van der Waals surface area contributed by atoms with E-state index in [0.717, 1.165) is 19.3 Å². The molecule has 0 heterocycles. The number of hydrogen-bond acceptors (Lipinski definition) is 2. The second-order valence-electron chi connectivity index (χ2n) is 3.76. The molecular formula is C9H14F3NO. The largest absolute Gasteiger partial charge is 0.401 e. The molecule has 1 fully saturated rings. The lowest BCUT2D eigenvalue weighted by molar-refractivity contribution is -0.128. The first-order chi connectivity index (χ1) is 6.47. The summed E-state index contributed by atoms with van der Waals surface area (Å²) in [7, 11) is 0. The van der Waals surface area contributed by atoms with Crippen LogP contribution in [0.3, 0.4) is 0 Å². The lowest BCUT2D eigenvalue weighted by Crippen LogP contribution is -2.33. The highest BCUT2D eigenvalue weighted by atomic mass is 19.4. The fourth-order valence-corrected chi connectivity index (χ4v) is 1.43. The second kappa shape index (κ2) is 4.77. The van der Waals surface area contributed by atoms with Crippen LogP contribution in [0.2, 0.25) is 0 Å². The number of hydrogen-bond donors (Lipinski definition) is 1. The van der Waals surface area contributed by atoms with Gasteiger partial charge in [0.25, 0.3) is 0 Å². The highest BCUT2D eigenvalue weighted by molar-refractivity contribution is 5.80. The summed E-state index contributed by atoms with van der Waals surface area (Å²) in [6, 6.07) is 0. The van der Waals surface area contributed by atoms with Crippen LogP contribution in [0.15, 0.2) is 0 Å². The van der Waals surface area contributed by atoms with E-state index in [2.05, 4.69) is 5.32 Å². The van der Waals surface area contributed by atoms with Gasteiger partial charge >= 0.3 is 6.18 Å². The van der Waals surface area contributed by atoms with Crippen molar-refractivity contribution in [1.82, 2.24) is 5.32 Å². The molecule has 1 aliphatic rings. The highest BCUT2D eigenvalue weighted by Crippen LogP contribution is 2.29. The van der Waals surface area contributed by atoms with Crippen molar-refractivity contribution in [2.24, 2.45) is 5.92 Å². The summed E-state index contributed by atoms with van der Waals surface area (Å²) >= 11 is 0. The van der Waals surface area contributed by atoms with Crippen molar-refractivity contribution in [2.75, 3.05) is 13.1 Å². The number of carbonyl (C=O) groups is 1. The van der Waals surface area contributed by atoms with Crippen LogP contribution < -0.4 is 5.32 Å². The molecule has 0 aromatic rings. The first-order valence-electron chi connectivity index (χ1n) is 4.76. The molecular weight excluding hydrogens is 195 g/mol. The average Bonchev–Trinajstić information content (AvgIpc) is 1.94. The molecule has 0 amide bonds. The summed E-state index contributed by atoms with van der Waals surface area (Å²) in [5, 5.41) is 2.10. The highest BCUT2D eigenvalue weighted by Gasteiger charge is 2.27. The Labute approximate surface area is 80.9 Å². The van der Waals surface area contributed by atoms with Crippen molar-refractivity contribution in [3.05, 3.63) is 0 Å². The Morgan fingerprint density at radius 2 is 2.00 bits per heavy atom. The van der Waals surface area contributed by atoms with Crippen LogP contribution in [0.25, 0.3) is 0 Å². The minimum Gasteiger partial charge on any atom is -0.302 e. The van der Waals surface area contributed by atoms with E-state index in [1.54, 1.807) is 0 Å². The molecule has 0 bridgehead atoms. The van der Waals surface area contributed by atoms with Gasteiger partial charge < -0.3 is 5.32 Å². The molecule has 0 unspecified atom stereocenters. The van der Waals surface area contributed by atoms with Crippen LogP contribution in [0, 0.1) is 5.92 Å². The molecule has 0 spiro atoms. The first kappa shape index (κ1) is 11.5. The molecule has 0 aliphatic heterocycles. The zero-order valence-electron chi connectivity index (χ0n) is 7.86. The quantitative estimate of drug-likeness (QED) is 0.749. The fourth-order valence-electron chi connectivity index (χ4n) is 1.43. The average molecular weight is 209 g/mol. The van der Waals surface area contributed by atoms with Crippen LogP contribution in [0.4, 0.5) is 13.2 Å². The molecule has 1 aliphatic carbocycles. The summed E-state index contributed by atoms with van der Waals surface area (Å²) in [4.78, 5) is 11.1. The van der Waals surface area contributed by atoms with Crippen LogP contribution in [0.1, 0.15) is 25.7 Å². The van der Waals surface area contributed by atoms with E-state index in [9.17, 15) is 18.0 Å². The van der Waals surface area contributed by atoms with E-state index >= 15 is 0 Å². The number of ketones is 1. The minimum absolute atomic E-state index is 0.112. The zero-order chi connectivity index (χ0) is 10.6. The molecule has 0 saturated heterocycles. The van der Waals surface area contributed by atoms with Gasteiger partial charge in [0.1, 0.15) is 5.78 Å². The van der Waals surface area contributed by atoms with Crippen molar-refractivity contribution < 1.29 is 18.0 Å². The van der Waals surface area contributed by atoms with Crippen molar-refractivity contribution in [3.63, 3.8) is 0 Å². The van der Waals surface area contributed by atoms with Crippen molar-refractivity contribution >= 4 is 5.78 Å². The monoisotopic (exact) mass is 209 g/mol. The lowest BCUT2D eigenvalue weighted by atomic mass is 9.82. The Morgan fingerprint density at radius 1 is 1.36 bits per heavy atom. The van der Waals surface area contributed by atoms with Crippen molar-refractivity contribution in [1.29, 1.82) is 0 Å². The van der Waals surface area contributed by atoms with Gasteiger partial charge in [0.15, 0.2) is 0 Å². The van der Waals surface area contributed by atoms with Gasteiger partial charge in [-0.2, -0.15) is 13.2 Å². The smallest absolute Gasteiger partial charge is 0.302 e. The molecule has 5 heteroatoms. The number of carbonyl (C=O) groups excluding carboxylic acids is 1. The van der Waals surface area contributed by atoms with Crippen molar-refractivity contribution in [2.45, 2.75) is 31.9 Å². The van der Waals surface area contributed by atoms with Gasteiger partial charge in [-0.25, -0.2) is 0 Å². The van der Waals surface area contributed by atoms with Gasteiger partial charge in [0.2, 0.25) is 0 Å². The van der Waals surface area contributed by atoms with Crippen LogP contribution in [-0.2, 0) is 4.79 Å². The second-order valence-corrected chi connectivity index (χ2v) is 3.76. The van der Waals surface area contributed by atoms with Crippen molar-refractivity contribution in [3.8, 4) is 0 Å².